The molecule has 7 heteroatoms. The molecule has 2 N–H and O–H groups in total. The highest BCUT2D eigenvalue weighted by atomic mass is 35.5. The van der Waals surface area contributed by atoms with Crippen molar-refractivity contribution < 1.29 is 14.3 Å². The van der Waals surface area contributed by atoms with Crippen LogP contribution in [0.25, 0.3) is 0 Å². The molecule has 0 fully saturated rings. The lowest BCUT2D eigenvalue weighted by atomic mass is 10.3. The van der Waals surface area contributed by atoms with Crippen LogP contribution in [0.3, 0.4) is 0 Å². The zero-order chi connectivity index (χ0) is 15.2. The molecule has 110 valence electrons. The zero-order valence-electron chi connectivity index (χ0n) is 11.1. The minimum atomic E-state index is -0.755. The Morgan fingerprint density at radius 1 is 1.19 bits per heavy atom. The largest absolute Gasteiger partial charge is 0.481 e. The summed E-state index contributed by atoms with van der Waals surface area (Å²) in [5, 5.41) is 2.37. The minimum Gasteiger partial charge on any atom is -0.481 e. The molecule has 0 saturated carbocycles. The van der Waals surface area contributed by atoms with Gasteiger partial charge in [-0.1, -0.05) is 17.7 Å². The normalized spacial score (nSPS) is 11.5. The van der Waals surface area contributed by atoms with E-state index in [9.17, 15) is 9.59 Å². The van der Waals surface area contributed by atoms with Crippen molar-refractivity contribution in [2.45, 2.75) is 13.0 Å². The summed E-state index contributed by atoms with van der Waals surface area (Å²) in [6, 6.07) is 10.1. The predicted molar refractivity (Wildman–Crippen MR) is 81.5 cm³/mol. The number of carbonyl (C=O) groups is 2. The highest BCUT2D eigenvalue weighted by molar-refractivity contribution is 7.12. The molecule has 21 heavy (non-hydrogen) atoms. The fourth-order valence-electron chi connectivity index (χ4n) is 1.46. The fraction of sp³-hybridized carbons (Fsp3) is 0.143. The van der Waals surface area contributed by atoms with E-state index in [0.717, 1.165) is 0 Å². The maximum Gasteiger partial charge on any atom is 0.279 e. The molecule has 0 bridgehead atoms. The molecule has 5 nitrogen and oxygen atoms in total. The Balaban J connectivity index is 1.82. The Kier molecular flexibility index (Phi) is 5.19. The van der Waals surface area contributed by atoms with Crippen molar-refractivity contribution in [2.24, 2.45) is 0 Å². The van der Waals surface area contributed by atoms with Crippen LogP contribution in [0.5, 0.6) is 5.75 Å². The van der Waals surface area contributed by atoms with Gasteiger partial charge in [0.05, 0.1) is 4.88 Å². The molecular weight excluding hydrogens is 312 g/mol. The third kappa shape index (κ3) is 4.47. The van der Waals surface area contributed by atoms with Gasteiger partial charge in [0.25, 0.3) is 11.8 Å². The molecule has 0 aliphatic heterocycles. The zero-order valence-corrected chi connectivity index (χ0v) is 12.7. The van der Waals surface area contributed by atoms with Crippen molar-refractivity contribution in [3.63, 3.8) is 0 Å². The fourth-order valence-corrected chi connectivity index (χ4v) is 2.21. The number of hydrogen-bond acceptors (Lipinski definition) is 4. The summed E-state index contributed by atoms with van der Waals surface area (Å²) in [7, 11) is 0. The van der Waals surface area contributed by atoms with Crippen LogP contribution in [0.2, 0.25) is 5.02 Å². The molecule has 0 aliphatic carbocycles. The second kappa shape index (κ2) is 7.10. The van der Waals surface area contributed by atoms with E-state index >= 15 is 0 Å². The first-order chi connectivity index (χ1) is 10.1. The highest BCUT2D eigenvalue weighted by Gasteiger charge is 2.16. The standard InChI is InChI=1S/C14H13ClN2O3S/c1-9(20-11-6-4-10(15)5-7-11)13(18)16-17-14(19)12-3-2-8-21-12/h2-9H,1H3,(H,16,18)(H,17,19). The molecule has 0 aliphatic rings. The SMILES string of the molecule is CC(Oc1ccc(Cl)cc1)C(=O)NNC(=O)c1cccs1. The number of thiophene rings is 1. The van der Waals surface area contributed by atoms with Crippen LogP contribution in [0.4, 0.5) is 0 Å². The summed E-state index contributed by atoms with van der Waals surface area (Å²) >= 11 is 7.05. The van der Waals surface area contributed by atoms with E-state index in [2.05, 4.69) is 10.9 Å². The number of carbonyl (C=O) groups excluding carboxylic acids is 2. The molecule has 2 amide bonds. The predicted octanol–water partition coefficient (Wildman–Crippen LogP) is 2.63. The number of nitrogens with one attached hydrogen (secondary N) is 2. The molecule has 1 aromatic heterocycles. The summed E-state index contributed by atoms with van der Waals surface area (Å²) in [5.41, 5.74) is 4.65. The van der Waals surface area contributed by atoms with E-state index in [1.807, 2.05) is 0 Å². The monoisotopic (exact) mass is 324 g/mol. The lowest BCUT2D eigenvalue weighted by Gasteiger charge is -2.14. The maximum atomic E-state index is 11.8. The summed E-state index contributed by atoms with van der Waals surface area (Å²) in [6.07, 6.45) is -0.755. The summed E-state index contributed by atoms with van der Waals surface area (Å²) < 4.78 is 5.43. The molecule has 0 spiro atoms. The van der Waals surface area contributed by atoms with Crippen LogP contribution in [-0.4, -0.2) is 17.9 Å². The van der Waals surface area contributed by atoms with E-state index in [-0.39, 0.29) is 5.91 Å². The van der Waals surface area contributed by atoms with Crippen molar-refractivity contribution in [2.75, 3.05) is 0 Å². The van der Waals surface area contributed by atoms with Crippen molar-refractivity contribution in [1.82, 2.24) is 10.9 Å². The van der Waals surface area contributed by atoms with Crippen molar-refractivity contribution in [3.8, 4) is 5.75 Å². The topological polar surface area (TPSA) is 67.4 Å². The van der Waals surface area contributed by atoms with E-state index in [1.54, 1.807) is 48.7 Å². The number of ether oxygens (including phenoxy) is 1. The lowest BCUT2D eigenvalue weighted by Crippen LogP contribution is -2.47. The van der Waals surface area contributed by atoms with Crippen molar-refractivity contribution in [1.29, 1.82) is 0 Å². The second-order valence-corrected chi connectivity index (χ2v) is 5.52. The van der Waals surface area contributed by atoms with Crippen LogP contribution in [-0.2, 0) is 4.79 Å². The van der Waals surface area contributed by atoms with Gasteiger partial charge in [0.1, 0.15) is 5.75 Å². The van der Waals surface area contributed by atoms with E-state index < -0.39 is 12.0 Å². The Morgan fingerprint density at radius 2 is 1.90 bits per heavy atom. The van der Waals surface area contributed by atoms with E-state index in [1.165, 1.54) is 11.3 Å². The van der Waals surface area contributed by atoms with Gasteiger partial charge in [0.15, 0.2) is 6.10 Å². The summed E-state index contributed by atoms with van der Waals surface area (Å²) in [4.78, 5) is 24.0. The average molecular weight is 325 g/mol. The van der Waals surface area contributed by atoms with Gasteiger partial charge >= 0.3 is 0 Å². The Bertz CT molecular complexity index is 614. The first-order valence-corrected chi connectivity index (χ1v) is 7.38. The Morgan fingerprint density at radius 3 is 2.52 bits per heavy atom. The maximum absolute atomic E-state index is 11.8. The quantitative estimate of drug-likeness (QED) is 0.850. The van der Waals surface area contributed by atoms with Gasteiger partial charge in [0.2, 0.25) is 0 Å². The van der Waals surface area contributed by atoms with Gasteiger partial charge in [-0.3, -0.25) is 20.4 Å². The molecular formula is C14H13ClN2O3S. The first kappa shape index (κ1) is 15.3. The second-order valence-electron chi connectivity index (χ2n) is 4.13. The Hall–Kier alpha value is -2.05. The number of hydrazine groups is 1. The van der Waals surface area contributed by atoms with Gasteiger partial charge in [-0.2, -0.15) is 0 Å². The van der Waals surface area contributed by atoms with Gasteiger partial charge < -0.3 is 4.74 Å². The lowest BCUT2D eigenvalue weighted by molar-refractivity contribution is -0.128. The molecule has 1 aromatic carbocycles. The summed E-state index contributed by atoms with van der Waals surface area (Å²) in [6.45, 7) is 1.58. The van der Waals surface area contributed by atoms with Crippen LogP contribution in [0.15, 0.2) is 41.8 Å². The van der Waals surface area contributed by atoms with Gasteiger partial charge in [-0.25, -0.2) is 0 Å². The van der Waals surface area contributed by atoms with Crippen molar-refractivity contribution in [3.05, 3.63) is 51.7 Å². The minimum absolute atomic E-state index is 0.364. The number of hydrogen-bond donors (Lipinski definition) is 2. The van der Waals surface area contributed by atoms with Gasteiger partial charge in [-0.15, -0.1) is 11.3 Å². The number of rotatable bonds is 4. The number of amides is 2. The molecule has 2 rings (SSSR count). The highest BCUT2D eigenvalue weighted by Crippen LogP contribution is 2.16. The molecule has 1 heterocycles. The van der Waals surface area contributed by atoms with Gasteiger partial charge in [0, 0.05) is 5.02 Å². The van der Waals surface area contributed by atoms with Crippen molar-refractivity contribution >= 4 is 34.8 Å². The third-order valence-electron chi connectivity index (χ3n) is 2.54. The van der Waals surface area contributed by atoms with Gasteiger partial charge in [-0.05, 0) is 42.6 Å². The average Bonchev–Trinajstić information content (AvgIpc) is 3.01. The Labute approximate surface area is 130 Å². The molecule has 0 radical (unpaired) electrons. The van der Waals surface area contributed by atoms with E-state index in [0.29, 0.717) is 15.6 Å². The summed E-state index contributed by atoms with van der Waals surface area (Å²) in [5.74, 6) is -0.293. The van der Waals surface area contributed by atoms with Crippen LogP contribution >= 0.6 is 22.9 Å². The third-order valence-corrected chi connectivity index (χ3v) is 3.66. The number of benzene rings is 1. The van der Waals surface area contributed by atoms with Crippen LogP contribution in [0, 0.1) is 0 Å². The smallest absolute Gasteiger partial charge is 0.279 e. The molecule has 1 unspecified atom stereocenters. The van der Waals surface area contributed by atoms with Crippen LogP contribution < -0.4 is 15.6 Å². The van der Waals surface area contributed by atoms with E-state index in [4.69, 9.17) is 16.3 Å². The molecule has 0 saturated heterocycles. The van der Waals surface area contributed by atoms with Crippen LogP contribution in [0.1, 0.15) is 16.6 Å². The first-order valence-electron chi connectivity index (χ1n) is 6.12. The number of halogens is 1. The molecule has 2 aromatic rings. The molecule has 1 atom stereocenters.